The van der Waals surface area contributed by atoms with Crippen molar-refractivity contribution in [2.45, 2.75) is 26.7 Å². The lowest BCUT2D eigenvalue weighted by atomic mass is 10.0. The van der Waals surface area contributed by atoms with E-state index in [1.54, 1.807) is 4.90 Å². The number of nitrogens with one attached hydrogen (secondary N) is 1. The molecule has 0 bridgehead atoms. The Hall–Kier alpha value is -3.19. The molecule has 2 heterocycles. The third-order valence-corrected chi connectivity index (χ3v) is 6.07. The second kappa shape index (κ2) is 10.2. The van der Waals surface area contributed by atoms with Crippen LogP contribution in [0.1, 0.15) is 29.1 Å². The smallest absolute Gasteiger partial charge is 0.321 e. The summed E-state index contributed by atoms with van der Waals surface area (Å²) >= 11 is 5.84. The first-order valence-electron chi connectivity index (χ1n) is 11.0. The van der Waals surface area contributed by atoms with Crippen LogP contribution < -0.4 is 10.2 Å². The van der Waals surface area contributed by atoms with Crippen molar-refractivity contribution in [3.05, 3.63) is 82.0 Å². The number of urea groups is 1. The van der Waals surface area contributed by atoms with Crippen molar-refractivity contribution in [1.29, 1.82) is 0 Å². The fourth-order valence-corrected chi connectivity index (χ4v) is 4.28. The van der Waals surface area contributed by atoms with Gasteiger partial charge in [-0.1, -0.05) is 41.9 Å². The molecule has 8 heteroatoms. The average molecular weight is 468 g/mol. The third-order valence-electron chi connectivity index (χ3n) is 5.78. The highest BCUT2D eigenvalue weighted by atomic mass is 35.5. The number of hydrogen-bond acceptors (Lipinski definition) is 4. The van der Waals surface area contributed by atoms with Crippen LogP contribution in [0.2, 0.25) is 5.02 Å². The predicted molar refractivity (Wildman–Crippen MR) is 130 cm³/mol. The van der Waals surface area contributed by atoms with Gasteiger partial charge in [-0.2, -0.15) is 0 Å². The van der Waals surface area contributed by atoms with Gasteiger partial charge in [0.1, 0.15) is 17.5 Å². The summed E-state index contributed by atoms with van der Waals surface area (Å²) in [6, 6.07) is 14.3. The fraction of sp³-hybridized carbons (Fsp3) is 0.320. The molecule has 3 aromatic rings. The van der Waals surface area contributed by atoms with E-state index in [2.05, 4.69) is 27.3 Å². The van der Waals surface area contributed by atoms with Gasteiger partial charge in [0.15, 0.2) is 0 Å². The van der Waals surface area contributed by atoms with E-state index in [4.69, 9.17) is 16.6 Å². The number of amides is 2. The van der Waals surface area contributed by atoms with E-state index in [1.807, 2.05) is 32.0 Å². The molecule has 4 rings (SSSR count). The Bertz CT molecular complexity index is 1140. The van der Waals surface area contributed by atoms with Crippen LogP contribution in [0.3, 0.4) is 0 Å². The van der Waals surface area contributed by atoms with E-state index in [0.29, 0.717) is 25.3 Å². The highest BCUT2D eigenvalue weighted by molar-refractivity contribution is 6.31. The van der Waals surface area contributed by atoms with Gasteiger partial charge >= 0.3 is 6.03 Å². The summed E-state index contributed by atoms with van der Waals surface area (Å²) in [6.45, 7) is 6.57. The Balaban J connectivity index is 1.49. The largest absolute Gasteiger partial charge is 0.354 e. The van der Waals surface area contributed by atoms with Crippen molar-refractivity contribution in [1.82, 2.24) is 14.9 Å². The van der Waals surface area contributed by atoms with E-state index in [-0.39, 0.29) is 11.1 Å². The molecule has 0 radical (unpaired) electrons. The molecule has 0 atom stereocenters. The van der Waals surface area contributed by atoms with Crippen molar-refractivity contribution in [3.8, 4) is 0 Å². The van der Waals surface area contributed by atoms with Gasteiger partial charge in [0.25, 0.3) is 0 Å². The van der Waals surface area contributed by atoms with Gasteiger partial charge in [0.2, 0.25) is 0 Å². The van der Waals surface area contributed by atoms with Crippen LogP contribution in [0.25, 0.3) is 0 Å². The lowest BCUT2D eigenvalue weighted by Gasteiger charge is -2.26. The zero-order valence-corrected chi connectivity index (χ0v) is 19.6. The fourth-order valence-electron chi connectivity index (χ4n) is 4.10. The van der Waals surface area contributed by atoms with E-state index >= 15 is 0 Å². The quantitative estimate of drug-likeness (QED) is 0.571. The maximum atomic E-state index is 13.4. The average Bonchev–Trinajstić information content (AvgIpc) is 3.05. The van der Waals surface area contributed by atoms with Crippen molar-refractivity contribution in [2.24, 2.45) is 0 Å². The summed E-state index contributed by atoms with van der Waals surface area (Å²) in [5, 5.41) is 2.80. The normalized spacial score (nSPS) is 14.2. The van der Waals surface area contributed by atoms with Crippen LogP contribution in [0.5, 0.6) is 0 Å². The van der Waals surface area contributed by atoms with Crippen molar-refractivity contribution >= 4 is 29.1 Å². The highest BCUT2D eigenvalue weighted by Crippen LogP contribution is 2.25. The lowest BCUT2D eigenvalue weighted by molar-refractivity contribution is 0.215. The van der Waals surface area contributed by atoms with Crippen LogP contribution in [-0.4, -0.2) is 47.1 Å². The standard InChI is InChI=1S/C25H27ClFN5O/c1-17-21(15-19-7-4-3-5-8-19)24(29-18(2)28-17)31-11-6-12-32(14-13-31)25(33)30-20-9-10-23(27)22(26)16-20/h3-5,7-10,16H,6,11-15H2,1-2H3,(H,30,33). The molecular weight excluding hydrogens is 441 g/mol. The second-order valence-corrected chi connectivity index (χ2v) is 8.61. The van der Waals surface area contributed by atoms with Gasteiger partial charge in [-0.05, 0) is 44.0 Å². The van der Waals surface area contributed by atoms with Gasteiger partial charge in [-0.25, -0.2) is 19.2 Å². The van der Waals surface area contributed by atoms with E-state index < -0.39 is 5.82 Å². The number of nitrogens with zero attached hydrogens (tertiary/aromatic N) is 4. The molecule has 0 unspecified atom stereocenters. The van der Waals surface area contributed by atoms with Gasteiger partial charge in [0.05, 0.1) is 5.02 Å². The third kappa shape index (κ3) is 5.60. The number of rotatable bonds is 4. The molecule has 33 heavy (non-hydrogen) atoms. The van der Waals surface area contributed by atoms with E-state index in [9.17, 15) is 9.18 Å². The minimum Gasteiger partial charge on any atom is -0.354 e. The summed E-state index contributed by atoms with van der Waals surface area (Å²) < 4.78 is 13.4. The Labute approximate surface area is 198 Å². The van der Waals surface area contributed by atoms with Crippen LogP contribution in [-0.2, 0) is 6.42 Å². The molecule has 1 saturated heterocycles. The zero-order valence-electron chi connectivity index (χ0n) is 18.8. The predicted octanol–water partition coefficient (Wildman–Crippen LogP) is 5.22. The van der Waals surface area contributed by atoms with Crippen LogP contribution >= 0.6 is 11.6 Å². The molecule has 1 aliphatic rings. The molecule has 2 aromatic carbocycles. The molecule has 1 N–H and O–H groups in total. The number of benzene rings is 2. The SMILES string of the molecule is Cc1nc(C)c(Cc2ccccc2)c(N2CCCN(C(=O)Nc3ccc(F)c(Cl)c3)CC2)n1. The summed E-state index contributed by atoms with van der Waals surface area (Å²) in [4.78, 5) is 26.2. The molecule has 2 amide bonds. The summed E-state index contributed by atoms with van der Waals surface area (Å²) in [5.41, 5.74) is 3.78. The minimum absolute atomic E-state index is 0.0183. The first kappa shape index (κ1) is 23.0. The number of halogens is 2. The molecule has 1 fully saturated rings. The highest BCUT2D eigenvalue weighted by Gasteiger charge is 2.23. The monoisotopic (exact) mass is 467 g/mol. The molecule has 6 nitrogen and oxygen atoms in total. The molecule has 1 aromatic heterocycles. The summed E-state index contributed by atoms with van der Waals surface area (Å²) in [7, 11) is 0. The topological polar surface area (TPSA) is 61.4 Å². The molecule has 0 spiro atoms. The molecular formula is C25H27ClFN5O. The maximum Gasteiger partial charge on any atom is 0.321 e. The van der Waals surface area contributed by atoms with Gasteiger partial charge in [-0.15, -0.1) is 0 Å². The Morgan fingerprint density at radius 3 is 2.61 bits per heavy atom. The molecule has 172 valence electrons. The summed E-state index contributed by atoms with van der Waals surface area (Å²) in [6.07, 6.45) is 1.57. The first-order valence-corrected chi connectivity index (χ1v) is 11.4. The van der Waals surface area contributed by atoms with E-state index in [0.717, 1.165) is 42.3 Å². The van der Waals surface area contributed by atoms with Gasteiger partial charge in [0, 0.05) is 49.5 Å². The first-order chi connectivity index (χ1) is 15.9. The number of carbonyl (C=O) groups is 1. The number of hydrogen-bond donors (Lipinski definition) is 1. The molecule has 0 aliphatic carbocycles. The molecule has 0 saturated carbocycles. The van der Waals surface area contributed by atoms with Crippen LogP contribution in [0.4, 0.5) is 20.7 Å². The number of aryl methyl sites for hydroxylation is 2. The molecule has 1 aliphatic heterocycles. The number of aromatic nitrogens is 2. The van der Waals surface area contributed by atoms with Gasteiger partial charge < -0.3 is 15.1 Å². The zero-order chi connectivity index (χ0) is 23.4. The second-order valence-electron chi connectivity index (χ2n) is 8.21. The Kier molecular flexibility index (Phi) is 7.08. The van der Waals surface area contributed by atoms with Crippen molar-refractivity contribution < 1.29 is 9.18 Å². The van der Waals surface area contributed by atoms with Crippen LogP contribution in [0, 0.1) is 19.7 Å². The summed E-state index contributed by atoms with van der Waals surface area (Å²) in [5.74, 6) is 1.17. The maximum absolute atomic E-state index is 13.4. The van der Waals surface area contributed by atoms with Crippen LogP contribution in [0.15, 0.2) is 48.5 Å². The Morgan fingerprint density at radius 1 is 1.06 bits per heavy atom. The number of carbonyl (C=O) groups excluding carboxylic acids is 1. The lowest BCUT2D eigenvalue weighted by Crippen LogP contribution is -2.38. The van der Waals surface area contributed by atoms with Crippen molar-refractivity contribution in [3.63, 3.8) is 0 Å². The number of anilines is 2. The van der Waals surface area contributed by atoms with Crippen molar-refractivity contribution in [2.75, 3.05) is 36.4 Å². The van der Waals surface area contributed by atoms with E-state index in [1.165, 1.54) is 23.8 Å². The minimum atomic E-state index is -0.512. The van der Waals surface area contributed by atoms with Gasteiger partial charge in [-0.3, -0.25) is 0 Å². The Morgan fingerprint density at radius 2 is 1.85 bits per heavy atom.